The van der Waals surface area contributed by atoms with Gasteiger partial charge in [-0.25, -0.2) is 0 Å². The van der Waals surface area contributed by atoms with E-state index in [1.54, 1.807) is 0 Å². The van der Waals surface area contributed by atoms with Crippen molar-refractivity contribution < 1.29 is 9.53 Å². The number of nitrogens with zero attached hydrogens (tertiary/aromatic N) is 1. The Kier molecular flexibility index (Phi) is 5.61. The molecule has 0 bridgehead atoms. The van der Waals surface area contributed by atoms with E-state index in [0.717, 1.165) is 25.1 Å². The van der Waals surface area contributed by atoms with Crippen molar-refractivity contribution in [3.8, 4) is 0 Å². The van der Waals surface area contributed by atoms with Gasteiger partial charge in [-0.3, -0.25) is 4.79 Å². The number of hydrogen-bond donors (Lipinski definition) is 0. The Morgan fingerprint density at radius 2 is 1.86 bits per heavy atom. The molecule has 3 heteroatoms. The number of ether oxygens (including phenoxy) is 1. The largest absolute Gasteiger partial charge is 0.464 e. The Balaban J connectivity index is 2.14. The summed E-state index contributed by atoms with van der Waals surface area (Å²) in [6.07, 6.45) is 1.96. The molecule has 0 aliphatic heterocycles. The minimum atomic E-state index is -0.154. The second-order valence-electron chi connectivity index (χ2n) is 5.09. The van der Waals surface area contributed by atoms with Gasteiger partial charge in [-0.15, -0.1) is 0 Å². The molecule has 0 unspecified atom stereocenters. The van der Waals surface area contributed by atoms with Gasteiger partial charge in [0, 0.05) is 17.6 Å². The van der Waals surface area contributed by atoms with E-state index >= 15 is 0 Å². The SMILES string of the molecule is CCCCOC(=O)CN(CC)c1cccc2ccccc12. The van der Waals surface area contributed by atoms with Crippen LogP contribution in [0.4, 0.5) is 5.69 Å². The van der Waals surface area contributed by atoms with Crippen LogP contribution in [0.25, 0.3) is 10.8 Å². The molecule has 112 valence electrons. The summed E-state index contributed by atoms with van der Waals surface area (Å²) in [6, 6.07) is 14.4. The lowest BCUT2D eigenvalue weighted by molar-refractivity contribution is -0.142. The fourth-order valence-corrected chi connectivity index (χ4v) is 2.38. The summed E-state index contributed by atoms with van der Waals surface area (Å²) >= 11 is 0. The average molecular weight is 285 g/mol. The summed E-state index contributed by atoms with van der Waals surface area (Å²) in [5.74, 6) is -0.154. The molecule has 0 aromatic heterocycles. The van der Waals surface area contributed by atoms with E-state index in [2.05, 4.69) is 43.0 Å². The molecule has 0 N–H and O–H groups in total. The average Bonchev–Trinajstić information content (AvgIpc) is 2.52. The van der Waals surface area contributed by atoms with Crippen LogP contribution >= 0.6 is 0 Å². The standard InChI is InChI=1S/C18H23NO2/c1-3-5-13-21-18(20)14-19(4-2)17-12-8-10-15-9-6-7-11-16(15)17/h6-12H,3-5,13-14H2,1-2H3. The van der Waals surface area contributed by atoms with E-state index in [1.807, 2.05) is 18.2 Å². The predicted octanol–water partition coefficient (Wildman–Crippen LogP) is 4.01. The number of carbonyl (C=O) groups excluding carboxylic acids is 1. The molecule has 0 spiro atoms. The van der Waals surface area contributed by atoms with Crippen molar-refractivity contribution in [2.24, 2.45) is 0 Å². The van der Waals surface area contributed by atoms with Gasteiger partial charge in [0.15, 0.2) is 0 Å². The fraction of sp³-hybridized carbons (Fsp3) is 0.389. The number of rotatable bonds is 7. The van der Waals surface area contributed by atoms with Crippen molar-refractivity contribution >= 4 is 22.4 Å². The van der Waals surface area contributed by atoms with Crippen molar-refractivity contribution in [1.82, 2.24) is 0 Å². The lowest BCUT2D eigenvalue weighted by atomic mass is 10.1. The van der Waals surface area contributed by atoms with Crippen LogP contribution in [0, 0.1) is 0 Å². The van der Waals surface area contributed by atoms with E-state index in [9.17, 15) is 4.79 Å². The van der Waals surface area contributed by atoms with Crippen LogP contribution in [0.3, 0.4) is 0 Å². The zero-order valence-corrected chi connectivity index (χ0v) is 12.8. The van der Waals surface area contributed by atoms with E-state index < -0.39 is 0 Å². The van der Waals surface area contributed by atoms with Crippen molar-refractivity contribution in [1.29, 1.82) is 0 Å². The first-order valence-electron chi connectivity index (χ1n) is 7.64. The lowest BCUT2D eigenvalue weighted by Gasteiger charge is -2.23. The molecule has 2 rings (SSSR count). The fourth-order valence-electron chi connectivity index (χ4n) is 2.38. The van der Waals surface area contributed by atoms with Crippen molar-refractivity contribution in [2.45, 2.75) is 26.7 Å². The van der Waals surface area contributed by atoms with Crippen LogP contribution in [0.5, 0.6) is 0 Å². The predicted molar refractivity (Wildman–Crippen MR) is 87.7 cm³/mol. The van der Waals surface area contributed by atoms with Crippen LogP contribution in [-0.4, -0.2) is 25.7 Å². The summed E-state index contributed by atoms with van der Waals surface area (Å²) in [7, 11) is 0. The number of esters is 1. The zero-order chi connectivity index (χ0) is 15.1. The molecular weight excluding hydrogens is 262 g/mol. The third kappa shape index (κ3) is 3.97. The van der Waals surface area contributed by atoms with Crippen LogP contribution < -0.4 is 4.90 Å². The molecule has 2 aromatic rings. The summed E-state index contributed by atoms with van der Waals surface area (Å²) in [5, 5.41) is 2.36. The molecule has 0 saturated carbocycles. The molecule has 0 saturated heterocycles. The highest BCUT2D eigenvalue weighted by Crippen LogP contribution is 2.26. The second kappa shape index (κ2) is 7.67. The summed E-state index contributed by atoms with van der Waals surface area (Å²) in [4.78, 5) is 14.0. The zero-order valence-electron chi connectivity index (χ0n) is 12.8. The molecule has 3 nitrogen and oxygen atoms in total. The molecule has 2 aromatic carbocycles. The van der Waals surface area contributed by atoms with E-state index in [1.165, 1.54) is 10.8 Å². The molecule has 0 aliphatic rings. The molecule has 0 amide bonds. The normalized spacial score (nSPS) is 10.6. The van der Waals surface area contributed by atoms with Gasteiger partial charge in [0.1, 0.15) is 6.54 Å². The second-order valence-corrected chi connectivity index (χ2v) is 5.09. The van der Waals surface area contributed by atoms with Crippen LogP contribution in [0.1, 0.15) is 26.7 Å². The Morgan fingerprint density at radius 3 is 2.62 bits per heavy atom. The molecular formula is C18H23NO2. The van der Waals surface area contributed by atoms with Crippen LogP contribution in [0.15, 0.2) is 42.5 Å². The van der Waals surface area contributed by atoms with E-state index in [0.29, 0.717) is 13.2 Å². The smallest absolute Gasteiger partial charge is 0.325 e. The van der Waals surface area contributed by atoms with Gasteiger partial charge in [0.25, 0.3) is 0 Å². The Bertz CT molecular complexity index is 589. The van der Waals surface area contributed by atoms with E-state index in [4.69, 9.17) is 4.74 Å². The molecule has 0 aliphatic carbocycles. The summed E-state index contributed by atoms with van der Waals surface area (Å²) < 4.78 is 5.27. The van der Waals surface area contributed by atoms with Gasteiger partial charge >= 0.3 is 5.97 Å². The van der Waals surface area contributed by atoms with Crippen molar-refractivity contribution in [3.05, 3.63) is 42.5 Å². The van der Waals surface area contributed by atoms with Crippen LogP contribution in [0.2, 0.25) is 0 Å². The molecule has 0 fully saturated rings. The monoisotopic (exact) mass is 285 g/mol. The minimum Gasteiger partial charge on any atom is -0.464 e. The third-order valence-corrected chi connectivity index (χ3v) is 3.57. The van der Waals surface area contributed by atoms with Gasteiger partial charge in [0.2, 0.25) is 0 Å². The topological polar surface area (TPSA) is 29.5 Å². The van der Waals surface area contributed by atoms with Gasteiger partial charge < -0.3 is 9.64 Å². The Morgan fingerprint density at radius 1 is 1.10 bits per heavy atom. The number of hydrogen-bond acceptors (Lipinski definition) is 3. The van der Waals surface area contributed by atoms with Gasteiger partial charge in [-0.2, -0.15) is 0 Å². The lowest BCUT2D eigenvalue weighted by Crippen LogP contribution is -2.31. The summed E-state index contributed by atoms with van der Waals surface area (Å²) in [6.45, 7) is 5.73. The minimum absolute atomic E-state index is 0.154. The van der Waals surface area contributed by atoms with Gasteiger partial charge in [-0.1, -0.05) is 49.7 Å². The van der Waals surface area contributed by atoms with Crippen LogP contribution in [-0.2, 0) is 9.53 Å². The number of fused-ring (bicyclic) bond motifs is 1. The van der Waals surface area contributed by atoms with Gasteiger partial charge in [0.05, 0.1) is 6.61 Å². The van der Waals surface area contributed by atoms with Gasteiger partial charge in [-0.05, 0) is 24.8 Å². The number of likely N-dealkylation sites (N-methyl/N-ethyl adjacent to an activating group) is 1. The Labute approximate surface area is 126 Å². The molecule has 0 heterocycles. The highest BCUT2D eigenvalue weighted by molar-refractivity contribution is 5.95. The maximum absolute atomic E-state index is 11.9. The quantitative estimate of drug-likeness (QED) is 0.568. The Hall–Kier alpha value is -2.03. The van der Waals surface area contributed by atoms with Crippen molar-refractivity contribution in [3.63, 3.8) is 0 Å². The summed E-state index contributed by atoms with van der Waals surface area (Å²) in [5.41, 5.74) is 1.09. The third-order valence-electron chi connectivity index (χ3n) is 3.57. The highest BCUT2D eigenvalue weighted by Gasteiger charge is 2.13. The van der Waals surface area contributed by atoms with Crippen molar-refractivity contribution in [2.75, 3.05) is 24.6 Å². The number of carbonyl (C=O) groups is 1. The first-order chi connectivity index (χ1) is 10.3. The first kappa shape index (κ1) is 15.4. The maximum Gasteiger partial charge on any atom is 0.325 e. The maximum atomic E-state index is 11.9. The molecule has 21 heavy (non-hydrogen) atoms. The number of benzene rings is 2. The number of anilines is 1. The molecule has 0 radical (unpaired) electrons. The molecule has 0 atom stereocenters. The highest BCUT2D eigenvalue weighted by atomic mass is 16.5. The first-order valence-corrected chi connectivity index (χ1v) is 7.64. The number of unbranched alkanes of at least 4 members (excludes halogenated alkanes) is 1. The van der Waals surface area contributed by atoms with E-state index in [-0.39, 0.29) is 5.97 Å².